The van der Waals surface area contributed by atoms with Crippen molar-refractivity contribution in [3.63, 3.8) is 0 Å². The molecular weight excluding hydrogens is 269 g/mol. The van der Waals surface area contributed by atoms with Gasteiger partial charge in [0.2, 0.25) is 0 Å². The lowest BCUT2D eigenvalue weighted by Gasteiger charge is -2.41. The predicted octanol–water partition coefficient (Wildman–Crippen LogP) is 3.63. The SMILES string of the molecule is O=C1/C(=C/c2cccc(Cl)c2Cl)N2CCC1CC2. The van der Waals surface area contributed by atoms with Gasteiger partial charge in [-0.2, -0.15) is 0 Å². The Labute approximate surface area is 116 Å². The lowest BCUT2D eigenvalue weighted by atomic mass is 9.84. The topological polar surface area (TPSA) is 20.3 Å². The number of carbonyl (C=O) groups excluding carboxylic acids is 1. The van der Waals surface area contributed by atoms with E-state index in [0.29, 0.717) is 10.0 Å². The molecule has 0 spiro atoms. The van der Waals surface area contributed by atoms with Crippen LogP contribution in [-0.2, 0) is 4.79 Å². The van der Waals surface area contributed by atoms with Crippen LogP contribution >= 0.6 is 23.2 Å². The second-order valence-electron chi connectivity index (χ2n) is 4.80. The molecule has 18 heavy (non-hydrogen) atoms. The summed E-state index contributed by atoms with van der Waals surface area (Å²) in [6, 6.07) is 5.49. The van der Waals surface area contributed by atoms with E-state index in [2.05, 4.69) is 4.90 Å². The third kappa shape index (κ3) is 1.94. The van der Waals surface area contributed by atoms with Gasteiger partial charge in [-0.3, -0.25) is 4.79 Å². The molecule has 1 aromatic carbocycles. The molecule has 0 N–H and O–H groups in total. The molecule has 2 bridgehead atoms. The summed E-state index contributed by atoms with van der Waals surface area (Å²) in [5.74, 6) is 0.461. The van der Waals surface area contributed by atoms with E-state index in [9.17, 15) is 4.79 Å². The zero-order chi connectivity index (χ0) is 12.7. The van der Waals surface area contributed by atoms with Crippen LogP contribution in [0.15, 0.2) is 23.9 Å². The zero-order valence-electron chi connectivity index (χ0n) is 9.83. The maximum atomic E-state index is 12.2. The molecule has 3 aliphatic rings. The zero-order valence-corrected chi connectivity index (χ0v) is 11.3. The Morgan fingerprint density at radius 1 is 1.22 bits per heavy atom. The largest absolute Gasteiger partial charge is 0.369 e. The van der Waals surface area contributed by atoms with Crippen LogP contribution in [0.4, 0.5) is 0 Å². The molecule has 3 fully saturated rings. The van der Waals surface area contributed by atoms with Crippen molar-refractivity contribution >= 4 is 35.1 Å². The van der Waals surface area contributed by atoms with Crippen molar-refractivity contribution in [3.05, 3.63) is 39.5 Å². The molecule has 0 saturated carbocycles. The number of Topliss-reactive ketones (excluding diaryl/α,β-unsaturated/α-hetero) is 1. The number of hydrogen-bond acceptors (Lipinski definition) is 2. The summed E-state index contributed by atoms with van der Waals surface area (Å²) >= 11 is 12.1. The molecular formula is C14H13Cl2NO. The molecule has 4 heteroatoms. The highest BCUT2D eigenvalue weighted by Crippen LogP contribution is 2.34. The van der Waals surface area contributed by atoms with E-state index in [4.69, 9.17) is 23.2 Å². The van der Waals surface area contributed by atoms with Crippen LogP contribution in [0, 0.1) is 5.92 Å². The van der Waals surface area contributed by atoms with Gasteiger partial charge >= 0.3 is 0 Å². The van der Waals surface area contributed by atoms with Crippen molar-refractivity contribution in [2.75, 3.05) is 13.1 Å². The molecule has 1 aromatic rings. The number of fused-ring (bicyclic) bond motifs is 3. The smallest absolute Gasteiger partial charge is 0.182 e. The Hall–Kier alpha value is -0.990. The second kappa shape index (κ2) is 4.60. The molecule has 3 aliphatic heterocycles. The van der Waals surface area contributed by atoms with Crippen LogP contribution in [0.2, 0.25) is 10.0 Å². The van der Waals surface area contributed by atoms with Crippen molar-refractivity contribution < 1.29 is 4.79 Å². The Balaban J connectivity index is 2.01. The second-order valence-corrected chi connectivity index (χ2v) is 5.58. The molecule has 0 radical (unpaired) electrons. The minimum absolute atomic E-state index is 0.208. The van der Waals surface area contributed by atoms with Crippen LogP contribution in [0.25, 0.3) is 6.08 Å². The molecule has 0 unspecified atom stereocenters. The average Bonchev–Trinajstić information content (AvgIpc) is 2.39. The van der Waals surface area contributed by atoms with E-state index >= 15 is 0 Å². The van der Waals surface area contributed by atoms with Gasteiger partial charge in [-0.1, -0.05) is 35.3 Å². The predicted molar refractivity (Wildman–Crippen MR) is 73.7 cm³/mol. The fourth-order valence-corrected chi connectivity index (χ4v) is 3.05. The van der Waals surface area contributed by atoms with Crippen LogP contribution in [0.3, 0.4) is 0 Å². The van der Waals surface area contributed by atoms with Crippen LogP contribution in [0.5, 0.6) is 0 Å². The monoisotopic (exact) mass is 281 g/mol. The summed E-state index contributed by atoms with van der Waals surface area (Å²) in [7, 11) is 0. The summed E-state index contributed by atoms with van der Waals surface area (Å²) in [6.45, 7) is 1.95. The summed E-state index contributed by atoms with van der Waals surface area (Å²) in [5, 5.41) is 1.04. The number of hydrogen-bond donors (Lipinski definition) is 0. The maximum Gasteiger partial charge on any atom is 0.182 e. The Bertz CT molecular complexity index is 531. The van der Waals surface area contributed by atoms with Crippen LogP contribution in [0.1, 0.15) is 18.4 Å². The quantitative estimate of drug-likeness (QED) is 0.733. The third-order valence-electron chi connectivity index (χ3n) is 3.73. The van der Waals surface area contributed by atoms with Gasteiger partial charge in [-0.05, 0) is 30.5 Å². The highest BCUT2D eigenvalue weighted by Gasteiger charge is 2.36. The average molecular weight is 282 g/mol. The van der Waals surface area contributed by atoms with Gasteiger partial charge in [0, 0.05) is 19.0 Å². The lowest BCUT2D eigenvalue weighted by Crippen LogP contribution is -2.45. The number of benzene rings is 1. The van der Waals surface area contributed by atoms with E-state index in [1.54, 1.807) is 6.07 Å². The van der Waals surface area contributed by atoms with Crippen molar-refractivity contribution in [1.82, 2.24) is 4.90 Å². The van der Waals surface area contributed by atoms with Crippen LogP contribution < -0.4 is 0 Å². The van der Waals surface area contributed by atoms with Gasteiger partial charge in [-0.25, -0.2) is 0 Å². The van der Waals surface area contributed by atoms with Gasteiger partial charge in [0.15, 0.2) is 5.78 Å². The number of halogens is 2. The van der Waals surface area contributed by atoms with E-state index in [1.165, 1.54) is 0 Å². The first kappa shape index (κ1) is 12.1. The first-order valence-electron chi connectivity index (χ1n) is 6.11. The van der Waals surface area contributed by atoms with Crippen molar-refractivity contribution in [2.45, 2.75) is 12.8 Å². The number of ketones is 1. The summed E-state index contributed by atoms with van der Waals surface area (Å²) < 4.78 is 0. The molecule has 0 atom stereocenters. The Kier molecular flexibility index (Phi) is 3.08. The fraction of sp³-hybridized carbons (Fsp3) is 0.357. The lowest BCUT2D eigenvalue weighted by molar-refractivity contribution is -0.125. The first-order valence-corrected chi connectivity index (χ1v) is 6.87. The minimum atomic E-state index is 0.208. The van der Waals surface area contributed by atoms with Crippen LogP contribution in [-0.4, -0.2) is 23.8 Å². The third-order valence-corrected chi connectivity index (χ3v) is 4.57. The standard InChI is InChI=1S/C14H13Cl2NO/c15-11-3-1-2-10(13(11)16)8-12-14(18)9-4-6-17(12)7-5-9/h1-3,8-9H,4-7H2/b12-8-. The summed E-state index contributed by atoms with van der Waals surface area (Å²) in [4.78, 5) is 14.4. The maximum absolute atomic E-state index is 12.2. The highest BCUT2D eigenvalue weighted by molar-refractivity contribution is 6.42. The van der Waals surface area contributed by atoms with Crippen molar-refractivity contribution in [2.24, 2.45) is 5.92 Å². The number of rotatable bonds is 1. The Morgan fingerprint density at radius 3 is 2.61 bits per heavy atom. The van der Waals surface area contributed by atoms with Gasteiger partial charge in [-0.15, -0.1) is 0 Å². The molecule has 3 saturated heterocycles. The molecule has 0 amide bonds. The summed E-state index contributed by atoms with van der Waals surface area (Å²) in [5.41, 5.74) is 1.61. The molecule has 94 valence electrons. The van der Waals surface area contributed by atoms with E-state index in [-0.39, 0.29) is 11.7 Å². The molecule has 3 heterocycles. The molecule has 4 rings (SSSR count). The van der Waals surface area contributed by atoms with Gasteiger partial charge in [0.25, 0.3) is 0 Å². The molecule has 2 nitrogen and oxygen atoms in total. The summed E-state index contributed by atoms with van der Waals surface area (Å²) in [6.07, 6.45) is 3.85. The molecule has 0 aliphatic carbocycles. The van der Waals surface area contributed by atoms with Crippen molar-refractivity contribution in [1.29, 1.82) is 0 Å². The van der Waals surface area contributed by atoms with Gasteiger partial charge in [0.1, 0.15) is 0 Å². The number of nitrogens with zero attached hydrogens (tertiary/aromatic N) is 1. The number of allylic oxidation sites excluding steroid dienone is 1. The van der Waals surface area contributed by atoms with Crippen molar-refractivity contribution in [3.8, 4) is 0 Å². The number of piperidine rings is 3. The molecule has 0 aromatic heterocycles. The van der Waals surface area contributed by atoms with Gasteiger partial charge < -0.3 is 4.90 Å². The van der Waals surface area contributed by atoms with E-state index in [1.807, 2.05) is 18.2 Å². The Morgan fingerprint density at radius 2 is 1.94 bits per heavy atom. The van der Waals surface area contributed by atoms with Gasteiger partial charge in [0.05, 0.1) is 15.7 Å². The van der Waals surface area contributed by atoms with E-state index < -0.39 is 0 Å². The normalized spacial score (nSPS) is 22.0. The van der Waals surface area contributed by atoms with E-state index in [0.717, 1.165) is 37.2 Å². The highest BCUT2D eigenvalue weighted by atomic mass is 35.5. The number of carbonyl (C=O) groups is 1. The minimum Gasteiger partial charge on any atom is -0.369 e. The fourth-order valence-electron chi connectivity index (χ4n) is 2.69. The first-order chi connectivity index (χ1) is 8.66.